The second-order valence-corrected chi connectivity index (χ2v) is 4.01. The molecule has 2 nitrogen and oxygen atoms in total. The maximum atomic E-state index is 5.98. The van der Waals surface area contributed by atoms with Gasteiger partial charge in [-0.25, -0.2) is 0 Å². The van der Waals surface area contributed by atoms with E-state index in [1.165, 1.54) is 0 Å². The summed E-state index contributed by atoms with van der Waals surface area (Å²) < 4.78 is 5.39. The van der Waals surface area contributed by atoms with E-state index < -0.39 is 0 Å². The van der Waals surface area contributed by atoms with E-state index in [2.05, 4.69) is 20.8 Å². The highest BCUT2D eigenvalue weighted by Crippen LogP contribution is 2.28. The third-order valence-corrected chi connectivity index (χ3v) is 2.37. The van der Waals surface area contributed by atoms with Gasteiger partial charge in [-0.15, -0.1) is 0 Å². The van der Waals surface area contributed by atoms with Gasteiger partial charge >= 0.3 is 0 Å². The lowest BCUT2D eigenvalue weighted by Gasteiger charge is -2.40. The fourth-order valence-corrected chi connectivity index (χ4v) is 1.48. The van der Waals surface area contributed by atoms with Crippen molar-refractivity contribution in [2.45, 2.75) is 26.8 Å². The molecule has 0 radical (unpaired) electrons. The van der Waals surface area contributed by atoms with Gasteiger partial charge in [0.15, 0.2) is 0 Å². The molecule has 0 saturated carbocycles. The topological polar surface area (TPSA) is 35.2 Å². The van der Waals surface area contributed by atoms with Crippen LogP contribution in [0.4, 0.5) is 0 Å². The van der Waals surface area contributed by atoms with Crippen LogP contribution in [0.3, 0.4) is 0 Å². The van der Waals surface area contributed by atoms with Crippen molar-refractivity contribution in [1.82, 2.24) is 0 Å². The third-order valence-electron chi connectivity index (χ3n) is 2.37. The predicted molar refractivity (Wildman–Crippen MR) is 41.7 cm³/mol. The van der Waals surface area contributed by atoms with E-state index in [0.717, 1.165) is 13.2 Å². The number of ether oxygens (including phenoxy) is 1. The second kappa shape index (κ2) is 2.51. The molecule has 1 saturated heterocycles. The van der Waals surface area contributed by atoms with Gasteiger partial charge in [0.25, 0.3) is 0 Å². The Hall–Kier alpha value is -0.0800. The molecule has 2 atom stereocenters. The van der Waals surface area contributed by atoms with Crippen LogP contribution < -0.4 is 5.73 Å². The Morgan fingerprint density at radius 3 is 2.50 bits per heavy atom. The maximum absolute atomic E-state index is 5.98. The summed E-state index contributed by atoms with van der Waals surface area (Å²) in [5, 5.41) is 0. The van der Waals surface area contributed by atoms with Crippen LogP contribution in [0.5, 0.6) is 0 Å². The third kappa shape index (κ3) is 1.32. The summed E-state index contributed by atoms with van der Waals surface area (Å²) in [5.74, 6) is 0.503. The molecular weight excluding hydrogens is 126 g/mol. The quantitative estimate of drug-likeness (QED) is 0.549. The van der Waals surface area contributed by atoms with Gasteiger partial charge in [-0.2, -0.15) is 0 Å². The highest BCUT2D eigenvalue weighted by atomic mass is 16.5. The predicted octanol–water partition coefficient (Wildman–Crippen LogP) is 1.01. The Morgan fingerprint density at radius 1 is 1.50 bits per heavy atom. The molecule has 1 rings (SSSR count). The summed E-state index contributed by atoms with van der Waals surface area (Å²) in [6.07, 6.45) is 0. The zero-order chi connectivity index (χ0) is 7.78. The van der Waals surface area contributed by atoms with E-state index in [9.17, 15) is 0 Å². The summed E-state index contributed by atoms with van der Waals surface area (Å²) in [5.41, 5.74) is 6.14. The first-order valence-electron chi connectivity index (χ1n) is 3.87. The van der Waals surface area contributed by atoms with Crippen molar-refractivity contribution in [1.29, 1.82) is 0 Å². The maximum Gasteiger partial charge on any atom is 0.0532 e. The van der Waals surface area contributed by atoms with Gasteiger partial charge in [0, 0.05) is 11.5 Å². The summed E-state index contributed by atoms with van der Waals surface area (Å²) in [6.45, 7) is 8.09. The fraction of sp³-hybridized carbons (Fsp3) is 1.00. The molecule has 2 N–H and O–H groups in total. The lowest BCUT2D eigenvalue weighted by molar-refractivity contribution is -0.0350. The average molecular weight is 143 g/mol. The Morgan fingerprint density at radius 2 is 2.10 bits per heavy atom. The van der Waals surface area contributed by atoms with Crippen molar-refractivity contribution in [2.24, 2.45) is 17.1 Å². The molecule has 2 unspecified atom stereocenters. The summed E-state index contributed by atoms with van der Waals surface area (Å²) in [6, 6.07) is 0.293. The first kappa shape index (κ1) is 8.02. The molecule has 0 aromatic carbocycles. The molecule has 0 aromatic rings. The second-order valence-electron chi connectivity index (χ2n) is 4.01. The van der Waals surface area contributed by atoms with Crippen molar-refractivity contribution in [2.75, 3.05) is 13.2 Å². The standard InChI is InChI=1S/C8H17NO/c1-6-4-10-5-8(2,3)7(6)9/h6-7H,4-5,9H2,1-3H3. The molecule has 1 heterocycles. The minimum Gasteiger partial charge on any atom is -0.380 e. The highest BCUT2D eigenvalue weighted by molar-refractivity contribution is 4.87. The van der Waals surface area contributed by atoms with Crippen molar-refractivity contribution < 1.29 is 4.74 Å². The van der Waals surface area contributed by atoms with E-state index >= 15 is 0 Å². The molecule has 1 aliphatic heterocycles. The molecule has 0 aromatic heterocycles. The molecule has 60 valence electrons. The van der Waals surface area contributed by atoms with E-state index in [4.69, 9.17) is 10.5 Å². The molecule has 0 amide bonds. The zero-order valence-corrected chi connectivity index (χ0v) is 7.05. The molecular formula is C8H17NO. The van der Waals surface area contributed by atoms with E-state index in [1.54, 1.807) is 0 Å². The number of hydrogen-bond acceptors (Lipinski definition) is 2. The highest BCUT2D eigenvalue weighted by Gasteiger charge is 2.34. The molecule has 1 fully saturated rings. The minimum atomic E-state index is 0.164. The largest absolute Gasteiger partial charge is 0.380 e. The molecule has 1 aliphatic rings. The van der Waals surface area contributed by atoms with Gasteiger partial charge in [0.05, 0.1) is 13.2 Å². The average Bonchev–Trinajstić information content (AvgIpc) is 1.83. The summed E-state index contributed by atoms with van der Waals surface area (Å²) >= 11 is 0. The van der Waals surface area contributed by atoms with E-state index in [-0.39, 0.29) is 5.41 Å². The van der Waals surface area contributed by atoms with Crippen LogP contribution >= 0.6 is 0 Å². The molecule has 2 heteroatoms. The Labute approximate surface area is 62.7 Å². The van der Waals surface area contributed by atoms with Crippen LogP contribution in [0, 0.1) is 11.3 Å². The van der Waals surface area contributed by atoms with E-state index in [1.807, 2.05) is 0 Å². The Kier molecular flexibility index (Phi) is 2.02. The molecule has 10 heavy (non-hydrogen) atoms. The summed E-state index contributed by atoms with van der Waals surface area (Å²) in [7, 11) is 0. The Bertz CT molecular complexity index is 122. The first-order valence-corrected chi connectivity index (χ1v) is 3.87. The molecule has 0 spiro atoms. The van der Waals surface area contributed by atoms with Crippen LogP contribution in [0.1, 0.15) is 20.8 Å². The van der Waals surface area contributed by atoms with Crippen molar-refractivity contribution in [3.05, 3.63) is 0 Å². The van der Waals surface area contributed by atoms with Crippen LogP contribution in [0.15, 0.2) is 0 Å². The van der Waals surface area contributed by atoms with Gasteiger partial charge in [-0.3, -0.25) is 0 Å². The molecule has 0 bridgehead atoms. The van der Waals surface area contributed by atoms with Crippen LogP contribution in [0.2, 0.25) is 0 Å². The van der Waals surface area contributed by atoms with Gasteiger partial charge in [0.2, 0.25) is 0 Å². The van der Waals surface area contributed by atoms with Crippen LogP contribution in [-0.4, -0.2) is 19.3 Å². The fourth-order valence-electron chi connectivity index (χ4n) is 1.48. The lowest BCUT2D eigenvalue weighted by Crippen LogP contribution is -2.50. The van der Waals surface area contributed by atoms with Gasteiger partial charge in [-0.1, -0.05) is 20.8 Å². The Balaban J connectivity index is 2.60. The van der Waals surface area contributed by atoms with Crippen LogP contribution in [-0.2, 0) is 4.74 Å². The smallest absolute Gasteiger partial charge is 0.0532 e. The summed E-state index contributed by atoms with van der Waals surface area (Å²) in [4.78, 5) is 0. The van der Waals surface area contributed by atoms with Crippen molar-refractivity contribution in [3.63, 3.8) is 0 Å². The first-order chi connectivity index (χ1) is 4.54. The van der Waals surface area contributed by atoms with Gasteiger partial charge in [-0.05, 0) is 5.92 Å². The van der Waals surface area contributed by atoms with Crippen LogP contribution in [0.25, 0.3) is 0 Å². The normalized spacial score (nSPS) is 39.6. The number of nitrogens with two attached hydrogens (primary N) is 1. The minimum absolute atomic E-state index is 0.164. The monoisotopic (exact) mass is 143 g/mol. The molecule has 0 aliphatic carbocycles. The number of rotatable bonds is 0. The SMILES string of the molecule is CC1COCC(C)(C)C1N. The van der Waals surface area contributed by atoms with Gasteiger partial charge in [0.1, 0.15) is 0 Å². The van der Waals surface area contributed by atoms with E-state index in [0.29, 0.717) is 12.0 Å². The van der Waals surface area contributed by atoms with Crippen molar-refractivity contribution >= 4 is 0 Å². The van der Waals surface area contributed by atoms with Crippen molar-refractivity contribution in [3.8, 4) is 0 Å². The van der Waals surface area contributed by atoms with Gasteiger partial charge < -0.3 is 10.5 Å². The lowest BCUT2D eigenvalue weighted by atomic mass is 9.78. The zero-order valence-electron chi connectivity index (χ0n) is 7.05. The number of hydrogen-bond donors (Lipinski definition) is 1.